The van der Waals surface area contributed by atoms with Crippen molar-refractivity contribution in [1.29, 1.82) is 0 Å². The van der Waals surface area contributed by atoms with E-state index in [1.54, 1.807) is 0 Å². The molecule has 0 atom stereocenters. The quantitative estimate of drug-likeness (QED) is 0.674. The Labute approximate surface area is 155 Å². The molecule has 0 saturated carbocycles. The third kappa shape index (κ3) is 4.40. The predicted molar refractivity (Wildman–Crippen MR) is 103 cm³/mol. The van der Waals surface area contributed by atoms with Crippen LogP contribution in [0.4, 0.5) is 0 Å². The molecule has 1 aliphatic rings. The number of aromatic nitrogens is 2. The predicted octanol–water partition coefficient (Wildman–Crippen LogP) is 4.05. The van der Waals surface area contributed by atoms with Gasteiger partial charge in [-0.25, -0.2) is 4.68 Å². The normalized spacial score (nSPS) is 16.0. The minimum atomic E-state index is 0.374. The van der Waals surface area contributed by atoms with Gasteiger partial charge in [-0.2, -0.15) is 5.10 Å². The standard InChI is InChI=1S/C22H25N3O/c1-3-7-19(8-4-1)18-26-22-11-13-24(14-12-22)16-20-15-23-25(17-20)21-9-5-2-6-10-21/h1-10,15,17,22H,11-14,16,18H2. The molecule has 4 rings (SSSR count). The third-order valence-electron chi connectivity index (χ3n) is 4.93. The first-order valence-corrected chi connectivity index (χ1v) is 9.34. The number of likely N-dealkylation sites (tertiary alicyclic amines) is 1. The van der Waals surface area contributed by atoms with Crippen LogP contribution in [0.5, 0.6) is 0 Å². The van der Waals surface area contributed by atoms with Gasteiger partial charge in [-0.3, -0.25) is 4.90 Å². The first-order valence-electron chi connectivity index (χ1n) is 9.34. The second-order valence-electron chi connectivity index (χ2n) is 6.90. The van der Waals surface area contributed by atoms with Gasteiger partial charge in [0.2, 0.25) is 0 Å². The van der Waals surface area contributed by atoms with Crippen molar-refractivity contribution in [2.24, 2.45) is 0 Å². The molecule has 1 fully saturated rings. The van der Waals surface area contributed by atoms with Crippen molar-refractivity contribution in [3.63, 3.8) is 0 Å². The van der Waals surface area contributed by atoms with E-state index in [0.29, 0.717) is 6.10 Å². The second-order valence-corrected chi connectivity index (χ2v) is 6.90. The van der Waals surface area contributed by atoms with Crippen molar-refractivity contribution in [2.45, 2.75) is 32.1 Å². The zero-order chi connectivity index (χ0) is 17.6. The monoisotopic (exact) mass is 347 g/mol. The number of benzene rings is 2. The van der Waals surface area contributed by atoms with Crippen molar-refractivity contribution in [1.82, 2.24) is 14.7 Å². The molecule has 0 bridgehead atoms. The summed E-state index contributed by atoms with van der Waals surface area (Å²) in [6, 6.07) is 20.7. The SMILES string of the molecule is c1ccc(COC2CCN(Cc3cnn(-c4ccccc4)c3)CC2)cc1. The summed E-state index contributed by atoms with van der Waals surface area (Å²) in [5.41, 5.74) is 3.62. The summed E-state index contributed by atoms with van der Waals surface area (Å²) in [5, 5.41) is 4.50. The van der Waals surface area contributed by atoms with Crippen LogP contribution in [0, 0.1) is 0 Å². The lowest BCUT2D eigenvalue weighted by Crippen LogP contribution is -2.36. The molecule has 1 aliphatic heterocycles. The van der Waals surface area contributed by atoms with Gasteiger partial charge >= 0.3 is 0 Å². The van der Waals surface area contributed by atoms with Gasteiger partial charge in [-0.1, -0.05) is 48.5 Å². The van der Waals surface area contributed by atoms with Gasteiger partial charge in [0, 0.05) is 31.4 Å². The zero-order valence-electron chi connectivity index (χ0n) is 15.0. The van der Waals surface area contributed by atoms with Gasteiger partial charge in [-0.15, -0.1) is 0 Å². The van der Waals surface area contributed by atoms with Crippen LogP contribution in [-0.2, 0) is 17.9 Å². The van der Waals surface area contributed by atoms with Crippen molar-refractivity contribution in [3.05, 3.63) is 84.2 Å². The number of hydrogen-bond acceptors (Lipinski definition) is 3. The Morgan fingerprint density at radius 3 is 2.31 bits per heavy atom. The maximum Gasteiger partial charge on any atom is 0.0720 e. The van der Waals surface area contributed by atoms with Crippen LogP contribution < -0.4 is 0 Å². The topological polar surface area (TPSA) is 30.3 Å². The van der Waals surface area contributed by atoms with Gasteiger partial charge in [0.05, 0.1) is 24.6 Å². The highest BCUT2D eigenvalue weighted by molar-refractivity contribution is 5.30. The molecule has 0 N–H and O–H groups in total. The van der Waals surface area contributed by atoms with Gasteiger partial charge in [0.15, 0.2) is 0 Å². The molecule has 26 heavy (non-hydrogen) atoms. The molecule has 0 radical (unpaired) electrons. The van der Waals surface area contributed by atoms with Crippen LogP contribution in [0.25, 0.3) is 5.69 Å². The smallest absolute Gasteiger partial charge is 0.0720 e. The fourth-order valence-electron chi connectivity index (χ4n) is 3.44. The average molecular weight is 347 g/mol. The number of nitrogens with zero attached hydrogens (tertiary/aromatic N) is 3. The summed E-state index contributed by atoms with van der Waals surface area (Å²) in [6.45, 7) is 3.83. The highest BCUT2D eigenvalue weighted by atomic mass is 16.5. The van der Waals surface area contributed by atoms with Crippen molar-refractivity contribution in [3.8, 4) is 5.69 Å². The summed E-state index contributed by atoms with van der Waals surface area (Å²) in [4.78, 5) is 2.49. The average Bonchev–Trinajstić information content (AvgIpc) is 3.17. The summed E-state index contributed by atoms with van der Waals surface area (Å²) in [5.74, 6) is 0. The van der Waals surface area contributed by atoms with Gasteiger partial charge in [0.1, 0.15) is 0 Å². The molecule has 4 nitrogen and oxygen atoms in total. The van der Waals surface area contributed by atoms with E-state index in [9.17, 15) is 0 Å². The van der Waals surface area contributed by atoms with E-state index in [-0.39, 0.29) is 0 Å². The molecule has 1 aromatic heterocycles. The lowest BCUT2D eigenvalue weighted by atomic mass is 10.1. The number of para-hydroxylation sites is 1. The molecule has 0 amide bonds. The molecular weight excluding hydrogens is 322 g/mol. The molecule has 0 unspecified atom stereocenters. The fraction of sp³-hybridized carbons (Fsp3) is 0.318. The molecule has 1 saturated heterocycles. The van der Waals surface area contributed by atoms with Crippen LogP contribution in [0.3, 0.4) is 0 Å². The summed E-state index contributed by atoms with van der Waals surface area (Å²) in [6.07, 6.45) is 6.68. The zero-order valence-corrected chi connectivity index (χ0v) is 15.0. The minimum absolute atomic E-state index is 0.374. The molecule has 2 aromatic carbocycles. The molecule has 0 spiro atoms. The van der Waals surface area contributed by atoms with Crippen molar-refractivity contribution >= 4 is 0 Å². The summed E-state index contributed by atoms with van der Waals surface area (Å²) < 4.78 is 8.04. The lowest BCUT2D eigenvalue weighted by Gasteiger charge is -2.31. The van der Waals surface area contributed by atoms with Gasteiger partial charge < -0.3 is 4.74 Å². The Bertz CT molecular complexity index is 793. The Morgan fingerprint density at radius 1 is 0.885 bits per heavy atom. The molecular formula is C22H25N3O. The van der Waals surface area contributed by atoms with Gasteiger partial charge in [-0.05, 0) is 30.5 Å². The van der Waals surface area contributed by atoms with Crippen LogP contribution in [0.15, 0.2) is 73.1 Å². The Hall–Kier alpha value is -2.43. The minimum Gasteiger partial charge on any atom is -0.373 e. The van der Waals surface area contributed by atoms with Gasteiger partial charge in [0.25, 0.3) is 0 Å². The van der Waals surface area contributed by atoms with E-state index in [0.717, 1.165) is 44.8 Å². The lowest BCUT2D eigenvalue weighted by molar-refractivity contribution is -0.00394. The number of hydrogen-bond donors (Lipinski definition) is 0. The largest absolute Gasteiger partial charge is 0.373 e. The Morgan fingerprint density at radius 2 is 1.58 bits per heavy atom. The molecule has 2 heterocycles. The van der Waals surface area contributed by atoms with Crippen LogP contribution in [0.2, 0.25) is 0 Å². The first-order chi connectivity index (χ1) is 12.9. The summed E-state index contributed by atoms with van der Waals surface area (Å²) in [7, 11) is 0. The van der Waals surface area contributed by atoms with Crippen molar-refractivity contribution < 1.29 is 4.74 Å². The first kappa shape index (κ1) is 17.0. The molecule has 0 aliphatic carbocycles. The molecule has 3 aromatic rings. The fourth-order valence-corrected chi connectivity index (χ4v) is 3.44. The van der Waals surface area contributed by atoms with E-state index in [4.69, 9.17) is 4.74 Å². The highest BCUT2D eigenvalue weighted by Gasteiger charge is 2.20. The third-order valence-corrected chi connectivity index (χ3v) is 4.93. The number of ether oxygens (including phenoxy) is 1. The number of rotatable bonds is 6. The van der Waals surface area contributed by atoms with Crippen LogP contribution in [0.1, 0.15) is 24.0 Å². The maximum atomic E-state index is 6.09. The van der Waals surface area contributed by atoms with Crippen molar-refractivity contribution in [2.75, 3.05) is 13.1 Å². The molecule has 4 heteroatoms. The van der Waals surface area contributed by atoms with E-state index in [1.807, 2.05) is 35.1 Å². The van der Waals surface area contributed by atoms with Crippen LogP contribution in [-0.4, -0.2) is 33.9 Å². The Balaban J connectivity index is 1.25. The van der Waals surface area contributed by atoms with E-state index < -0.39 is 0 Å². The summed E-state index contributed by atoms with van der Waals surface area (Å²) >= 11 is 0. The van der Waals surface area contributed by atoms with E-state index in [1.165, 1.54) is 11.1 Å². The van der Waals surface area contributed by atoms with E-state index >= 15 is 0 Å². The Kier molecular flexibility index (Phi) is 5.43. The number of piperidine rings is 1. The van der Waals surface area contributed by atoms with Crippen LogP contribution >= 0.6 is 0 Å². The second kappa shape index (κ2) is 8.30. The maximum absolute atomic E-state index is 6.09. The van der Waals surface area contributed by atoms with E-state index in [2.05, 4.69) is 52.6 Å². The highest BCUT2D eigenvalue weighted by Crippen LogP contribution is 2.18. The molecule has 134 valence electrons.